The number of aromatic nitrogens is 2. The summed E-state index contributed by atoms with van der Waals surface area (Å²) in [5.41, 5.74) is 3.17. The maximum absolute atomic E-state index is 9.54. The third-order valence-corrected chi connectivity index (χ3v) is 3.58. The molecule has 0 spiro atoms. The largest absolute Gasteiger partial charge is 0.497 e. The predicted molar refractivity (Wildman–Crippen MR) is 89.1 cm³/mol. The second-order valence-corrected chi connectivity index (χ2v) is 4.92. The SMILES string of the molecule is COc1ccc2[nH]cc(/C(C#N)=C/c3ccc(OC)nc3)c2c1. The molecule has 1 aromatic carbocycles. The minimum Gasteiger partial charge on any atom is -0.497 e. The Morgan fingerprint density at radius 1 is 1.22 bits per heavy atom. The highest BCUT2D eigenvalue weighted by Gasteiger charge is 2.10. The van der Waals surface area contributed by atoms with Crippen LogP contribution in [0.25, 0.3) is 22.6 Å². The lowest BCUT2D eigenvalue weighted by Crippen LogP contribution is -1.87. The molecule has 0 saturated heterocycles. The maximum atomic E-state index is 9.54. The van der Waals surface area contributed by atoms with Crippen molar-refractivity contribution in [1.82, 2.24) is 9.97 Å². The van der Waals surface area contributed by atoms with Gasteiger partial charge in [0.2, 0.25) is 5.88 Å². The van der Waals surface area contributed by atoms with Crippen LogP contribution < -0.4 is 9.47 Å². The molecule has 0 aliphatic carbocycles. The lowest BCUT2D eigenvalue weighted by Gasteiger charge is -2.02. The maximum Gasteiger partial charge on any atom is 0.212 e. The fraction of sp³-hybridized carbons (Fsp3) is 0.111. The smallest absolute Gasteiger partial charge is 0.212 e. The Morgan fingerprint density at radius 2 is 2.09 bits per heavy atom. The van der Waals surface area contributed by atoms with E-state index in [9.17, 15) is 5.26 Å². The van der Waals surface area contributed by atoms with Gasteiger partial charge >= 0.3 is 0 Å². The third-order valence-electron chi connectivity index (χ3n) is 3.58. The number of pyridine rings is 1. The molecule has 1 N–H and O–H groups in total. The second-order valence-electron chi connectivity index (χ2n) is 4.92. The molecule has 3 rings (SSSR count). The van der Waals surface area contributed by atoms with Gasteiger partial charge in [-0.2, -0.15) is 5.26 Å². The average Bonchev–Trinajstić information content (AvgIpc) is 3.03. The highest BCUT2D eigenvalue weighted by atomic mass is 16.5. The van der Waals surface area contributed by atoms with E-state index >= 15 is 0 Å². The minimum atomic E-state index is 0.539. The molecular weight excluding hydrogens is 290 g/mol. The van der Waals surface area contributed by atoms with E-state index in [0.717, 1.165) is 27.8 Å². The summed E-state index contributed by atoms with van der Waals surface area (Å²) < 4.78 is 10.3. The number of nitrogens with zero attached hydrogens (tertiary/aromatic N) is 2. The molecule has 0 aliphatic rings. The molecule has 5 nitrogen and oxygen atoms in total. The number of hydrogen-bond acceptors (Lipinski definition) is 4. The number of nitriles is 1. The van der Waals surface area contributed by atoms with Gasteiger partial charge in [-0.15, -0.1) is 0 Å². The van der Waals surface area contributed by atoms with Crippen molar-refractivity contribution in [3.8, 4) is 17.7 Å². The van der Waals surface area contributed by atoms with Crippen molar-refractivity contribution in [2.45, 2.75) is 0 Å². The van der Waals surface area contributed by atoms with E-state index in [1.165, 1.54) is 0 Å². The number of nitrogens with one attached hydrogen (secondary N) is 1. The van der Waals surface area contributed by atoms with Crippen LogP contribution >= 0.6 is 0 Å². The summed E-state index contributed by atoms with van der Waals surface area (Å²) in [7, 11) is 3.19. The molecule has 0 fully saturated rings. The first kappa shape index (κ1) is 14.7. The zero-order chi connectivity index (χ0) is 16.2. The molecule has 0 aliphatic heterocycles. The molecule has 0 radical (unpaired) electrons. The Kier molecular flexibility index (Phi) is 3.98. The van der Waals surface area contributed by atoms with E-state index in [1.807, 2.05) is 30.5 Å². The number of hydrogen-bond donors (Lipinski definition) is 1. The molecule has 0 saturated carbocycles. The highest BCUT2D eigenvalue weighted by Crippen LogP contribution is 2.29. The Labute approximate surface area is 133 Å². The fourth-order valence-electron chi connectivity index (χ4n) is 2.38. The van der Waals surface area contributed by atoms with Crippen LogP contribution in [-0.4, -0.2) is 24.2 Å². The predicted octanol–water partition coefficient (Wildman–Crippen LogP) is 3.64. The van der Waals surface area contributed by atoms with Crippen molar-refractivity contribution in [3.05, 3.63) is 53.9 Å². The number of fused-ring (bicyclic) bond motifs is 1. The lowest BCUT2D eigenvalue weighted by molar-refractivity contribution is 0.398. The number of benzene rings is 1. The van der Waals surface area contributed by atoms with Crippen LogP contribution in [-0.2, 0) is 0 Å². The monoisotopic (exact) mass is 305 g/mol. The second kappa shape index (κ2) is 6.24. The van der Waals surface area contributed by atoms with Gasteiger partial charge in [-0.1, -0.05) is 0 Å². The molecule has 114 valence electrons. The van der Waals surface area contributed by atoms with Crippen molar-refractivity contribution in [1.29, 1.82) is 5.26 Å². The normalized spacial score (nSPS) is 11.3. The van der Waals surface area contributed by atoms with Gasteiger partial charge in [0.15, 0.2) is 0 Å². The van der Waals surface area contributed by atoms with Crippen molar-refractivity contribution in [2.24, 2.45) is 0 Å². The molecule has 0 amide bonds. The van der Waals surface area contributed by atoms with Crippen molar-refractivity contribution in [2.75, 3.05) is 14.2 Å². The first-order valence-corrected chi connectivity index (χ1v) is 7.02. The lowest BCUT2D eigenvalue weighted by atomic mass is 10.0. The molecule has 5 heteroatoms. The summed E-state index contributed by atoms with van der Waals surface area (Å²) in [6, 6.07) is 11.6. The van der Waals surface area contributed by atoms with Gasteiger partial charge in [-0.05, 0) is 35.9 Å². The molecule has 3 aromatic rings. The zero-order valence-electron chi connectivity index (χ0n) is 12.8. The van der Waals surface area contributed by atoms with Crippen LogP contribution in [0.15, 0.2) is 42.7 Å². The van der Waals surface area contributed by atoms with Crippen molar-refractivity contribution < 1.29 is 9.47 Å². The molecule has 2 aromatic heterocycles. The van der Waals surface area contributed by atoms with E-state index in [2.05, 4.69) is 16.0 Å². The molecule has 2 heterocycles. The topological polar surface area (TPSA) is 70.9 Å². The van der Waals surface area contributed by atoms with E-state index in [1.54, 1.807) is 32.6 Å². The van der Waals surface area contributed by atoms with Gasteiger partial charge in [0.25, 0.3) is 0 Å². The Bertz CT molecular complexity index is 902. The van der Waals surface area contributed by atoms with Crippen molar-refractivity contribution in [3.63, 3.8) is 0 Å². The minimum absolute atomic E-state index is 0.539. The number of rotatable bonds is 4. The third kappa shape index (κ3) is 2.87. The molecule has 23 heavy (non-hydrogen) atoms. The van der Waals surface area contributed by atoms with E-state index < -0.39 is 0 Å². The van der Waals surface area contributed by atoms with Crippen LogP contribution in [0.2, 0.25) is 0 Å². The van der Waals surface area contributed by atoms with Crippen LogP contribution in [0.1, 0.15) is 11.1 Å². The van der Waals surface area contributed by atoms with Crippen LogP contribution in [0, 0.1) is 11.3 Å². The van der Waals surface area contributed by atoms with Gasteiger partial charge < -0.3 is 14.5 Å². The number of methoxy groups -OCH3 is 2. The fourth-order valence-corrected chi connectivity index (χ4v) is 2.38. The van der Waals surface area contributed by atoms with Gasteiger partial charge in [0.05, 0.1) is 25.9 Å². The average molecular weight is 305 g/mol. The Morgan fingerprint density at radius 3 is 2.74 bits per heavy atom. The summed E-state index contributed by atoms with van der Waals surface area (Å²) in [5.74, 6) is 1.29. The number of aromatic amines is 1. The molecular formula is C18H15N3O2. The number of allylic oxidation sites excluding steroid dienone is 1. The summed E-state index contributed by atoms with van der Waals surface area (Å²) in [4.78, 5) is 7.33. The van der Waals surface area contributed by atoms with E-state index in [0.29, 0.717) is 11.5 Å². The summed E-state index contributed by atoms with van der Waals surface area (Å²) >= 11 is 0. The highest BCUT2D eigenvalue weighted by molar-refractivity contribution is 6.01. The van der Waals surface area contributed by atoms with E-state index in [-0.39, 0.29) is 0 Å². The van der Waals surface area contributed by atoms with E-state index in [4.69, 9.17) is 9.47 Å². The van der Waals surface area contributed by atoms with Crippen molar-refractivity contribution >= 4 is 22.6 Å². The molecule has 0 unspecified atom stereocenters. The van der Waals surface area contributed by atoms with Gasteiger partial charge in [-0.25, -0.2) is 4.98 Å². The number of H-pyrrole nitrogens is 1. The van der Waals surface area contributed by atoms with Crippen LogP contribution in [0.4, 0.5) is 0 Å². The Balaban J connectivity index is 2.06. The first-order chi connectivity index (χ1) is 11.2. The Hall–Kier alpha value is -3.26. The van der Waals surface area contributed by atoms with Gasteiger partial charge in [0, 0.05) is 34.9 Å². The quantitative estimate of drug-likeness (QED) is 0.747. The molecule has 0 bridgehead atoms. The standard InChI is InChI=1S/C18H15N3O2/c1-22-14-4-5-17-15(8-14)16(11-20-17)13(9-19)7-12-3-6-18(23-2)21-10-12/h3-8,10-11,20H,1-2H3/b13-7+. The van der Waals surface area contributed by atoms with Gasteiger partial charge in [-0.3, -0.25) is 0 Å². The summed E-state index contributed by atoms with van der Waals surface area (Å²) in [6.07, 6.45) is 5.30. The van der Waals surface area contributed by atoms with Crippen LogP contribution in [0.3, 0.4) is 0 Å². The zero-order valence-corrected chi connectivity index (χ0v) is 12.8. The first-order valence-electron chi connectivity index (χ1n) is 7.02. The number of ether oxygens (including phenoxy) is 2. The van der Waals surface area contributed by atoms with Gasteiger partial charge in [0.1, 0.15) is 5.75 Å². The van der Waals surface area contributed by atoms with Crippen LogP contribution in [0.5, 0.6) is 11.6 Å². The summed E-state index contributed by atoms with van der Waals surface area (Å²) in [6.45, 7) is 0. The molecule has 0 atom stereocenters. The summed E-state index contributed by atoms with van der Waals surface area (Å²) in [5, 5.41) is 10.5.